The van der Waals surface area contributed by atoms with Crippen LogP contribution in [0.25, 0.3) is 10.6 Å². The molecule has 24 heavy (non-hydrogen) atoms. The summed E-state index contributed by atoms with van der Waals surface area (Å²) in [6.45, 7) is 3.62. The number of thiazole rings is 1. The van der Waals surface area contributed by atoms with Gasteiger partial charge in [0.05, 0.1) is 5.69 Å². The van der Waals surface area contributed by atoms with Gasteiger partial charge >= 0.3 is 5.97 Å². The maximum atomic E-state index is 12.3. The lowest BCUT2D eigenvalue weighted by atomic mass is 10.2. The molecule has 3 rings (SSSR count). The van der Waals surface area contributed by atoms with Gasteiger partial charge in [0.15, 0.2) is 6.61 Å². The van der Waals surface area contributed by atoms with Crippen LogP contribution in [0, 0.1) is 6.92 Å². The third-order valence-corrected chi connectivity index (χ3v) is 4.65. The first kappa shape index (κ1) is 16.6. The second-order valence-corrected chi connectivity index (χ2v) is 6.40. The zero-order chi connectivity index (χ0) is 17.1. The molecule has 0 bridgehead atoms. The molecule has 0 saturated heterocycles. The first-order valence-corrected chi connectivity index (χ1v) is 8.48. The third-order valence-electron chi connectivity index (χ3n) is 3.21. The highest BCUT2D eigenvalue weighted by molar-refractivity contribution is 7.17. The molecule has 0 spiro atoms. The van der Waals surface area contributed by atoms with E-state index in [-0.39, 0.29) is 12.5 Å². The van der Waals surface area contributed by atoms with Gasteiger partial charge in [0.25, 0.3) is 5.89 Å². The Hall–Kier alpha value is -2.25. The Morgan fingerprint density at radius 1 is 1.25 bits per heavy atom. The third kappa shape index (κ3) is 3.63. The summed E-state index contributed by atoms with van der Waals surface area (Å²) in [6.07, 6.45) is 0.638. The maximum Gasteiger partial charge on any atom is 0.350 e. The zero-order valence-corrected chi connectivity index (χ0v) is 14.6. The quantitative estimate of drug-likeness (QED) is 0.636. The molecule has 124 valence electrons. The molecule has 0 saturated carbocycles. The number of nitrogens with zero attached hydrogens (tertiary/aromatic N) is 3. The first-order valence-electron chi connectivity index (χ1n) is 7.28. The summed E-state index contributed by atoms with van der Waals surface area (Å²) in [7, 11) is 0. The maximum absolute atomic E-state index is 12.3. The minimum absolute atomic E-state index is 0.0561. The van der Waals surface area contributed by atoms with Gasteiger partial charge < -0.3 is 9.15 Å². The van der Waals surface area contributed by atoms with Crippen molar-refractivity contribution < 1.29 is 13.9 Å². The fourth-order valence-electron chi connectivity index (χ4n) is 1.98. The minimum atomic E-state index is -0.457. The predicted octanol–water partition coefficient (Wildman–Crippen LogP) is 4.07. The van der Waals surface area contributed by atoms with Crippen LogP contribution in [0.4, 0.5) is 0 Å². The number of rotatable bonds is 5. The van der Waals surface area contributed by atoms with Gasteiger partial charge in [0.1, 0.15) is 9.88 Å². The van der Waals surface area contributed by atoms with Crippen molar-refractivity contribution in [3.63, 3.8) is 0 Å². The molecule has 0 aliphatic carbocycles. The average molecular weight is 364 g/mol. The number of halogens is 1. The van der Waals surface area contributed by atoms with Crippen LogP contribution in [0.3, 0.4) is 0 Å². The summed E-state index contributed by atoms with van der Waals surface area (Å²) in [6, 6.07) is 7.29. The van der Waals surface area contributed by atoms with E-state index in [1.165, 1.54) is 11.3 Å². The molecule has 0 radical (unpaired) electrons. The molecule has 2 aromatic heterocycles. The lowest BCUT2D eigenvalue weighted by Crippen LogP contribution is -2.05. The highest BCUT2D eigenvalue weighted by atomic mass is 35.5. The van der Waals surface area contributed by atoms with E-state index in [9.17, 15) is 4.79 Å². The Labute approximate surface area is 147 Å². The standard InChI is InChI=1S/C16H14ClN3O3S/c1-3-12-19-20-13(23-12)8-22-16(21)14-9(2)18-15(24-14)10-4-6-11(17)7-5-10/h4-7H,3,8H2,1-2H3. The van der Waals surface area contributed by atoms with E-state index in [1.807, 2.05) is 19.1 Å². The van der Waals surface area contributed by atoms with E-state index in [1.54, 1.807) is 19.1 Å². The van der Waals surface area contributed by atoms with Gasteiger partial charge in [-0.15, -0.1) is 21.5 Å². The molecule has 0 amide bonds. The fourth-order valence-corrected chi connectivity index (χ4v) is 3.08. The monoisotopic (exact) mass is 363 g/mol. The molecule has 8 heteroatoms. The highest BCUT2D eigenvalue weighted by Crippen LogP contribution is 2.29. The Morgan fingerprint density at radius 2 is 1.96 bits per heavy atom. The predicted molar refractivity (Wildman–Crippen MR) is 90.1 cm³/mol. The summed E-state index contributed by atoms with van der Waals surface area (Å²) in [4.78, 5) is 17.1. The molecule has 0 aliphatic heterocycles. The number of carbonyl (C=O) groups is 1. The second-order valence-electron chi connectivity index (χ2n) is 4.96. The van der Waals surface area contributed by atoms with Gasteiger partial charge in [0, 0.05) is 17.0 Å². The van der Waals surface area contributed by atoms with Gasteiger partial charge in [-0.3, -0.25) is 0 Å². The van der Waals surface area contributed by atoms with Crippen LogP contribution in [0.5, 0.6) is 0 Å². The SMILES string of the molecule is CCc1nnc(COC(=O)c2sc(-c3ccc(Cl)cc3)nc2C)o1. The highest BCUT2D eigenvalue weighted by Gasteiger charge is 2.18. The molecule has 3 aromatic rings. The van der Waals surface area contributed by atoms with E-state index in [0.29, 0.717) is 27.9 Å². The minimum Gasteiger partial charge on any atom is -0.451 e. The molecule has 0 fully saturated rings. The largest absolute Gasteiger partial charge is 0.451 e. The normalized spacial score (nSPS) is 10.8. The molecular weight excluding hydrogens is 350 g/mol. The van der Waals surface area contributed by atoms with Gasteiger partial charge in [0.2, 0.25) is 5.89 Å². The van der Waals surface area contributed by atoms with E-state index >= 15 is 0 Å². The Bertz CT molecular complexity index is 858. The Kier molecular flexibility index (Phi) is 4.92. The molecule has 1 aromatic carbocycles. The van der Waals surface area contributed by atoms with Crippen LogP contribution >= 0.6 is 22.9 Å². The number of hydrogen-bond donors (Lipinski definition) is 0. The number of ether oxygens (including phenoxy) is 1. The van der Waals surface area contributed by atoms with Crippen LogP contribution < -0.4 is 0 Å². The Morgan fingerprint density at radius 3 is 2.62 bits per heavy atom. The van der Waals surface area contributed by atoms with Crippen molar-refractivity contribution in [3.8, 4) is 10.6 Å². The van der Waals surface area contributed by atoms with Crippen LogP contribution in [0.15, 0.2) is 28.7 Å². The van der Waals surface area contributed by atoms with Gasteiger partial charge in [-0.05, 0) is 19.1 Å². The topological polar surface area (TPSA) is 78.1 Å². The first-order chi connectivity index (χ1) is 11.6. The molecule has 6 nitrogen and oxygen atoms in total. The molecule has 0 atom stereocenters. The lowest BCUT2D eigenvalue weighted by molar-refractivity contribution is 0.0441. The zero-order valence-electron chi connectivity index (χ0n) is 13.1. The Balaban J connectivity index is 1.72. The van der Waals surface area contributed by atoms with Crippen molar-refractivity contribution in [3.05, 3.63) is 51.6 Å². The van der Waals surface area contributed by atoms with Gasteiger partial charge in [-0.25, -0.2) is 9.78 Å². The van der Waals surface area contributed by atoms with Gasteiger partial charge in [-0.2, -0.15) is 0 Å². The number of carbonyl (C=O) groups excluding carboxylic acids is 1. The van der Waals surface area contributed by atoms with Gasteiger partial charge in [-0.1, -0.05) is 30.7 Å². The number of aromatic nitrogens is 3. The van der Waals surface area contributed by atoms with Crippen LogP contribution in [-0.2, 0) is 17.8 Å². The fraction of sp³-hybridized carbons (Fsp3) is 0.250. The molecule has 0 aliphatic rings. The summed E-state index contributed by atoms with van der Waals surface area (Å²) in [5.74, 6) is 0.335. The number of benzene rings is 1. The molecule has 2 heterocycles. The van der Waals surface area contributed by atoms with E-state index in [4.69, 9.17) is 20.8 Å². The summed E-state index contributed by atoms with van der Waals surface area (Å²) >= 11 is 7.16. The van der Waals surface area contributed by atoms with E-state index in [0.717, 1.165) is 10.6 Å². The van der Waals surface area contributed by atoms with Crippen molar-refractivity contribution in [2.75, 3.05) is 0 Å². The van der Waals surface area contributed by atoms with Crippen LogP contribution in [0.2, 0.25) is 5.02 Å². The summed E-state index contributed by atoms with van der Waals surface area (Å²) in [5.41, 5.74) is 1.52. The lowest BCUT2D eigenvalue weighted by Gasteiger charge is -1.99. The van der Waals surface area contributed by atoms with Crippen molar-refractivity contribution in [2.24, 2.45) is 0 Å². The summed E-state index contributed by atoms with van der Waals surface area (Å²) in [5, 5.41) is 9.03. The second kappa shape index (κ2) is 7.11. The van der Waals surface area contributed by atoms with Crippen molar-refractivity contribution >= 4 is 28.9 Å². The van der Waals surface area contributed by atoms with Crippen molar-refractivity contribution in [2.45, 2.75) is 26.9 Å². The van der Waals surface area contributed by atoms with E-state index in [2.05, 4.69) is 15.2 Å². The van der Waals surface area contributed by atoms with E-state index < -0.39 is 5.97 Å². The van der Waals surface area contributed by atoms with Crippen LogP contribution in [-0.4, -0.2) is 21.2 Å². The molecule has 0 N–H and O–H groups in total. The molecular formula is C16H14ClN3O3S. The number of esters is 1. The van der Waals surface area contributed by atoms with Crippen molar-refractivity contribution in [1.82, 2.24) is 15.2 Å². The summed E-state index contributed by atoms with van der Waals surface area (Å²) < 4.78 is 10.5. The number of hydrogen-bond acceptors (Lipinski definition) is 7. The van der Waals surface area contributed by atoms with Crippen molar-refractivity contribution in [1.29, 1.82) is 0 Å². The molecule has 0 unspecified atom stereocenters. The average Bonchev–Trinajstić information content (AvgIpc) is 3.20. The van der Waals surface area contributed by atoms with Crippen LogP contribution in [0.1, 0.15) is 34.1 Å². The number of aryl methyl sites for hydroxylation is 2. The smallest absolute Gasteiger partial charge is 0.350 e.